The molecule has 2 unspecified atom stereocenters. The maximum absolute atomic E-state index is 11.0. The number of amides is 1. The van der Waals surface area contributed by atoms with E-state index in [1.807, 2.05) is 0 Å². The van der Waals surface area contributed by atoms with Crippen LogP contribution < -0.4 is 11.1 Å². The quantitative estimate of drug-likeness (QED) is 0.656. The third kappa shape index (κ3) is 3.10. The Morgan fingerprint density at radius 2 is 2.05 bits per heavy atom. The van der Waals surface area contributed by atoms with Gasteiger partial charge in [-0.15, -0.1) is 0 Å². The number of hydrogen-bond donors (Lipinski definition) is 2. The van der Waals surface area contributed by atoms with E-state index in [0.29, 0.717) is 12.3 Å². The van der Waals surface area contributed by atoms with Gasteiger partial charge in [0.25, 0.3) is 5.91 Å². The summed E-state index contributed by atoms with van der Waals surface area (Å²) in [5, 5.41) is 3.32. The molecule has 0 bridgehead atoms. The van der Waals surface area contributed by atoms with E-state index in [4.69, 9.17) is 10.2 Å². The van der Waals surface area contributed by atoms with Crippen molar-refractivity contribution in [2.45, 2.75) is 32.2 Å². The molecule has 6 heteroatoms. The van der Waals surface area contributed by atoms with Crippen molar-refractivity contribution in [3.05, 3.63) is 23.7 Å². The van der Waals surface area contributed by atoms with E-state index >= 15 is 0 Å². The Morgan fingerprint density at radius 3 is 2.59 bits per heavy atom. The second kappa shape index (κ2) is 6.42. The van der Waals surface area contributed by atoms with Crippen molar-refractivity contribution in [3.8, 4) is 0 Å². The first-order valence-corrected chi connectivity index (χ1v) is 8.01. The number of carbonyl (C=O) groups excluding carboxylic acids is 1. The smallest absolute Gasteiger partial charge is 0.284 e. The lowest BCUT2D eigenvalue weighted by Crippen LogP contribution is -2.39. The molecule has 2 atom stereocenters. The number of nitrogens with zero attached hydrogens (tertiary/aromatic N) is 2. The summed E-state index contributed by atoms with van der Waals surface area (Å²) >= 11 is 0. The van der Waals surface area contributed by atoms with Crippen LogP contribution in [-0.4, -0.2) is 36.9 Å². The summed E-state index contributed by atoms with van der Waals surface area (Å²) in [5.41, 5.74) is 5.19. The summed E-state index contributed by atoms with van der Waals surface area (Å²) in [6.45, 7) is 2.69. The predicted octanol–water partition coefficient (Wildman–Crippen LogP) is 1.58. The average Bonchev–Trinajstić information content (AvgIpc) is 3.14. The van der Waals surface area contributed by atoms with Gasteiger partial charge < -0.3 is 20.4 Å². The average molecular weight is 304 g/mol. The Bertz CT molecular complexity index is 552. The summed E-state index contributed by atoms with van der Waals surface area (Å²) in [5.74, 6) is 2.88. The molecule has 2 fully saturated rings. The van der Waals surface area contributed by atoms with Gasteiger partial charge in [0.05, 0.1) is 6.54 Å². The molecule has 120 valence electrons. The molecule has 1 amide bonds. The molecule has 0 radical (unpaired) electrons. The molecule has 3 rings (SSSR count). The highest BCUT2D eigenvalue weighted by molar-refractivity contribution is 5.89. The minimum absolute atomic E-state index is 0.193. The van der Waals surface area contributed by atoms with Crippen molar-refractivity contribution in [3.63, 3.8) is 0 Å². The van der Waals surface area contributed by atoms with Crippen LogP contribution in [0.3, 0.4) is 0 Å². The molecule has 2 heterocycles. The van der Waals surface area contributed by atoms with Crippen molar-refractivity contribution < 1.29 is 9.21 Å². The van der Waals surface area contributed by atoms with E-state index in [2.05, 4.69) is 15.2 Å². The highest BCUT2D eigenvalue weighted by Crippen LogP contribution is 2.35. The molecule has 1 saturated heterocycles. The van der Waals surface area contributed by atoms with Gasteiger partial charge in [-0.3, -0.25) is 9.79 Å². The van der Waals surface area contributed by atoms with Crippen molar-refractivity contribution in [1.82, 2.24) is 10.2 Å². The van der Waals surface area contributed by atoms with E-state index < -0.39 is 5.91 Å². The topological polar surface area (TPSA) is 83.9 Å². The zero-order valence-electron chi connectivity index (χ0n) is 13.0. The third-order valence-corrected chi connectivity index (χ3v) is 4.81. The number of guanidine groups is 1. The lowest BCUT2D eigenvalue weighted by Gasteiger charge is -2.22. The first-order valence-electron chi connectivity index (χ1n) is 8.01. The number of aliphatic imine (C=N–C) groups is 1. The highest BCUT2D eigenvalue weighted by atomic mass is 16.3. The molecular weight excluding hydrogens is 280 g/mol. The van der Waals surface area contributed by atoms with Crippen LogP contribution in [0.15, 0.2) is 21.5 Å². The molecule has 0 spiro atoms. The van der Waals surface area contributed by atoms with E-state index in [0.717, 1.165) is 30.9 Å². The Kier molecular flexibility index (Phi) is 4.36. The van der Waals surface area contributed by atoms with Gasteiger partial charge in [-0.1, -0.05) is 12.8 Å². The summed E-state index contributed by atoms with van der Waals surface area (Å²) in [4.78, 5) is 17.8. The SMILES string of the molecule is CN=C(NCc1ccc(C(N)=O)o1)N1CC2CCCCC2C1. The lowest BCUT2D eigenvalue weighted by molar-refractivity contribution is 0.0972. The maximum Gasteiger partial charge on any atom is 0.284 e. The second-order valence-electron chi connectivity index (χ2n) is 6.24. The Morgan fingerprint density at radius 1 is 1.36 bits per heavy atom. The minimum atomic E-state index is -0.542. The second-order valence-corrected chi connectivity index (χ2v) is 6.24. The van der Waals surface area contributed by atoms with Gasteiger partial charge in [-0.25, -0.2) is 0 Å². The number of carbonyl (C=O) groups is 1. The molecule has 1 aliphatic carbocycles. The molecule has 22 heavy (non-hydrogen) atoms. The van der Waals surface area contributed by atoms with Crippen LogP contribution in [0, 0.1) is 11.8 Å². The minimum Gasteiger partial charge on any atom is -0.454 e. The Labute approximate surface area is 130 Å². The van der Waals surface area contributed by atoms with Crippen LogP contribution in [-0.2, 0) is 6.54 Å². The Hall–Kier alpha value is -1.98. The number of furan rings is 1. The van der Waals surface area contributed by atoms with E-state index in [1.54, 1.807) is 19.2 Å². The number of nitrogens with one attached hydrogen (secondary N) is 1. The predicted molar refractivity (Wildman–Crippen MR) is 84.4 cm³/mol. The number of hydrogen-bond acceptors (Lipinski definition) is 3. The van der Waals surface area contributed by atoms with Gasteiger partial charge in [0, 0.05) is 20.1 Å². The molecule has 3 N–H and O–H groups in total. The summed E-state index contributed by atoms with van der Waals surface area (Å²) in [6, 6.07) is 3.37. The van der Waals surface area contributed by atoms with E-state index in [1.165, 1.54) is 25.7 Å². The van der Waals surface area contributed by atoms with E-state index in [9.17, 15) is 4.79 Å². The van der Waals surface area contributed by atoms with Gasteiger partial charge in [0.1, 0.15) is 5.76 Å². The maximum atomic E-state index is 11.0. The monoisotopic (exact) mass is 304 g/mol. The van der Waals surface area contributed by atoms with Crippen LogP contribution in [0.5, 0.6) is 0 Å². The zero-order valence-corrected chi connectivity index (χ0v) is 13.0. The lowest BCUT2D eigenvalue weighted by atomic mass is 9.82. The number of primary amides is 1. The fourth-order valence-electron chi connectivity index (χ4n) is 3.68. The number of fused-ring (bicyclic) bond motifs is 1. The fourth-order valence-corrected chi connectivity index (χ4v) is 3.68. The van der Waals surface area contributed by atoms with Crippen LogP contribution in [0.4, 0.5) is 0 Å². The van der Waals surface area contributed by atoms with Crippen molar-refractivity contribution in [2.24, 2.45) is 22.6 Å². The molecular formula is C16H24N4O2. The largest absolute Gasteiger partial charge is 0.454 e. The molecule has 1 aliphatic heterocycles. The molecule has 1 aromatic rings. The van der Waals surface area contributed by atoms with Crippen molar-refractivity contribution >= 4 is 11.9 Å². The molecule has 2 aliphatic rings. The number of nitrogens with two attached hydrogens (primary N) is 1. The number of rotatable bonds is 3. The summed E-state index contributed by atoms with van der Waals surface area (Å²) < 4.78 is 5.39. The van der Waals surface area contributed by atoms with E-state index in [-0.39, 0.29) is 5.76 Å². The van der Waals surface area contributed by atoms with Crippen LogP contribution in [0.25, 0.3) is 0 Å². The van der Waals surface area contributed by atoms with Gasteiger partial charge in [0.2, 0.25) is 0 Å². The number of likely N-dealkylation sites (tertiary alicyclic amines) is 1. The highest BCUT2D eigenvalue weighted by Gasteiger charge is 2.35. The first kappa shape index (κ1) is 14.9. The summed E-state index contributed by atoms with van der Waals surface area (Å²) in [7, 11) is 1.81. The van der Waals surface area contributed by atoms with Crippen LogP contribution >= 0.6 is 0 Å². The third-order valence-electron chi connectivity index (χ3n) is 4.81. The zero-order chi connectivity index (χ0) is 15.5. The van der Waals surface area contributed by atoms with Gasteiger partial charge in [-0.05, 0) is 36.8 Å². The van der Waals surface area contributed by atoms with Crippen LogP contribution in [0.2, 0.25) is 0 Å². The van der Waals surface area contributed by atoms with Crippen molar-refractivity contribution in [2.75, 3.05) is 20.1 Å². The molecule has 1 saturated carbocycles. The van der Waals surface area contributed by atoms with Gasteiger partial charge in [-0.2, -0.15) is 0 Å². The summed E-state index contributed by atoms with van der Waals surface area (Å²) in [6.07, 6.45) is 5.42. The van der Waals surface area contributed by atoms with Crippen LogP contribution in [0.1, 0.15) is 42.0 Å². The Balaban J connectivity index is 1.57. The molecule has 6 nitrogen and oxygen atoms in total. The van der Waals surface area contributed by atoms with Gasteiger partial charge >= 0.3 is 0 Å². The fraction of sp³-hybridized carbons (Fsp3) is 0.625. The molecule has 0 aromatic carbocycles. The van der Waals surface area contributed by atoms with Gasteiger partial charge in [0.15, 0.2) is 11.7 Å². The standard InChI is InChI=1S/C16H24N4O2/c1-18-16(19-8-13-6-7-14(22-13)15(17)21)20-9-11-4-2-3-5-12(11)10-20/h6-7,11-12H,2-5,8-10H2,1H3,(H2,17,21)(H,18,19). The first-order chi connectivity index (χ1) is 10.7. The normalized spacial score (nSPS) is 25.1. The van der Waals surface area contributed by atoms with Crippen molar-refractivity contribution in [1.29, 1.82) is 0 Å². The molecule has 1 aromatic heterocycles.